The minimum absolute atomic E-state index is 0.132. The number of methoxy groups -OCH3 is 1. The van der Waals surface area contributed by atoms with Crippen LogP contribution >= 0.6 is 11.3 Å². The minimum Gasteiger partial charge on any atom is -0.465 e. The van der Waals surface area contributed by atoms with Crippen LogP contribution in [0.15, 0.2) is 39.9 Å². The van der Waals surface area contributed by atoms with E-state index in [1.54, 1.807) is 5.38 Å². The highest BCUT2D eigenvalue weighted by Crippen LogP contribution is 2.24. The number of ether oxygens (including phenoxy) is 1. The Morgan fingerprint density at radius 1 is 1.30 bits per heavy atom. The van der Waals surface area contributed by atoms with Gasteiger partial charge in [0.1, 0.15) is 4.21 Å². The van der Waals surface area contributed by atoms with Crippen LogP contribution in [-0.2, 0) is 14.8 Å². The molecule has 0 radical (unpaired) electrons. The van der Waals surface area contributed by atoms with Crippen molar-refractivity contribution in [3.8, 4) is 0 Å². The summed E-state index contributed by atoms with van der Waals surface area (Å²) in [7, 11) is -2.38. The summed E-state index contributed by atoms with van der Waals surface area (Å²) >= 11 is 1.04. The van der Waals surface area contributed by atoms with Gasteiger partial charge in [-0.1, -0.05) is 0 Å². The fourth-order valence-electron chi connectivity index (χ4n) is 1.47. The number of nitrogens with two attached hydrogens (primary N) is 1. The van der Waals surface area contributed by atoms with Crippen molar-refractivity contribution in [3.05, 3.63) is 41.3 Å². The molecule has 0 saturated carbocycles. The number of carbonyl (C=O) groups is 1. The number of nitrogen functional groups attached to an aromatic ring is 1. The monoisotopic (exact) mass is 312 g/mol. The van der Waals surface area contributed by atoms with E-state index in [4.69, 9.17) is 5.73 Å². The Balaban J connectivity index is 2.20. The van der Waals surface area contributed by atoms with Crippen LogP contribution in [-0.4, -0.2) is 21.5 Å². The van der Waals surface area contributed by atoms with Gasteiger partial charge in [-0.05, 0) is 30.3 Å². The Morgan fingerprint density at radius 3 is 2.45 bits per heavy atom. The maximum Gasteiger partial charge on any atom is 0.337 e. The number of thiophene rings is 1. The van der Waals surface area contributed by atoms with Crippen LogP contribution in [0.5, 0.6) is 0 Å². The van der Waals surface area contributed by atoms with Gasteiger partial charge in [0.25, 0.3) is 10.0 Å². The molecule has 3 N–H and O–H groups in total. The topological polar surface area (TPSA) is 98.5 Å². The predicted molar refractivity (Wildman–Crippen MR) is 77.3 cm³/mol. The number of hydrogen-bond acceptors (Lipinski definition) is 6. The fourth-order valence-corrected chi connectivity index (χ4v) is 3.61. The summed E-state index contributed by atoms with van der Waals surface area (Å²) in [5, 5.41) is 1.55. The first-order valence-corrected chi connectivity index (χ1v) is 7.84. The molecule has 1 aromatic heterocycles. The van der Waals surface area contributed by atoms with Crippen molar-refractivity contribution >= 4 is 38.7 Å². The SMILES string of the molecule is COC(=O)c1ccc(NS(=O)(=O)c2cc(N)cs2)cc1. The highest BCUT2D eigenvalue weighted by molar-refractivity contribution is 7.94. The van der Waals surface area contributed by atoms with Gasteiger partial charge in [-0.15, -0.1) is 11.3 Å². The van der Waals surface area contributed by atoms with E-state index in [9.17, 15) is 13.2 Å². The zero-order chi connectivity index (χ0) is 14.8. The van der Waals surface area contributed by atoms with Crippen molar-refractivity contribution in [2.75, 3.05) is 17.6 Å². The molecule has 0 aliphatic heterocycles. The van der Waals surface area contributed by atoms with E-state index in [2.05, 4.69) is 9.46 Å². The number of esters is 1. The van der Waals surface area contributed by atoms with E-state index in [1.165, 1.54) is 37.4 Å². The molecule has 0 aliphatic carbocycles. The number of sulfonamides is 1. The fraction of sp³-hybridized carbons (Fsp3) is 0.0833. The van der Waals surface area contributed by atoms with E-state index in [1.807, 2.05) is 0 Å². The molecular weight excluding hydrogens is 300 g/mol. The average Bonchev–Trinajstić information content (AvgIpc) is 2.86. The number of nitrogens with one attached hydrogen (secondary N) is 1. The Hall–Kier alpha value is -2.06. The standard InChI is InChI=1S/C12H12N2O4S2/c1-18-12(15)8-2-4-10(5-3-8)14-20(16,17)11-6-9(13)7-19-11/h2-7,14H,13H2,1H3. The first-order chi connectivity index (χ1) is 9.42. The summed E-state index contributed by atoms with van der Waals surface area (Å²) in [6.45, 7) is 0. The molecule has 0 spiro atoms. The maximum atomic E-state index is 12.0. The van der Waals surface area contributed by atoms with Crippen molar-refractivity contribution < 1.29 is 17.9 Å². The molecule has 0 atom stereocenters. The van der Waals surface area contributed by atoms with Crippen molar-refractivity contribution in [1.82, 2.24) is 0 Å². The molecule has 1 heterocycles. The molecule has 1 aromatic carbocycles. The zero-order valence-corrected chi connectivity index (χ0v) is 12.1. The third-order valence-electron chi connectivity index (χ3n) is 2.42. The third-order valence-corrected chi connectivity index (χ3v) is 5.26. The smallest absolute Gasteiger partial charge is 0.337 e. The average molecular weight is 312 g/mol. The zero-order valence-electron chi connectivity index (χ0n) is 10.5. The van der Waals surface area contributed by atoms with Crippen LogP contribution in [0.3, 0.4) is 0 Å². The van der Waals surface area contributed by atoms with E-state index in [-0.39, 0.29) is 4.21 Å². The maximum absolute atomic E-state index is 12.0. The Bertz CT molecular complexity index is 720. The van der Waals surface area contributed by atoms with Crippen molar-refractivity contribution in [1.29, 1.82) is 0 Å². The van der Waals surface area contributed by atoms with Crippen LogP contribution in [0.2, 0.25) is 0 Å². The lowest BCUT2D eigenvalue weighted by molar-refractivity contribution is 0.0601. The van der Waals surface area contributed by atoms with Gasteiger partial charge in [-0.3, -0.25) is 4.72 Å². The Kier molecular flexibility index (Phi) is 3.96. The molecule has 106 valence electrons. The molecule has 0 bridgehead atoms. The lowest BCUT2D eigenvalue weighted by Crippen LogP contribution is -2.11. The summed E-state index contributed by atoms with van der Waals surface area (Å²) < 4.78 is 31.2. The molecule has 0 amide bonds. The summed E-state index contributed by atoms with van der Waals surface area (Å²) in [5.74, 6) is -0.481. The predicted octanol–water partition coefficient (Wildman–Crippen LogP) is 1.92. The minimum atomic E-state index is -3.66. The van der Waals surface area contributed by atoms with Gasteiger partial charge in [0.05, 0.1) is 12.7 Å². The van der Waals surface area contributed by atoms with E-state index < -0.39 is 16.0 Å². The molecule has 20 heavy (non-hydrogen) atoms. The second kappa shape index (κ2) is 5.51. The van der Waals surface area contributed by atoms with E-state index >= 15 is 0 Å². The van der Waals surface area contributed by atoms with Gasteiger partial charge in [-0.2, -0.15) is 0 Å². The van der Waals surface area contributed by atoms with Crippen LogP contribution in [0, 0.1) is 0 Å². The lowest BCUT2D eigenvalue weighted by atomic mass is 10.2. The van der Waals surface area contributed by atoms with Crippen molar-refractivity contribution in [3.63, 3.8) is 0 Å². The normalized spacial score (nSPS) is 11.1. The van der Waals surface area contributed by atoms with Crippen LogP contribution < -0.4 is 10.5 Å². The largest absolute Gasteiger partial charge is 0.465 e. The lowest BCUT2D eigenvalue weighted by Gasteiger charge is -2.06. The van der Waals surface area contributed by atoms with E-state index in [0.29, 0.717) is 16.9 Å². The van der Waals surface area contributed by atoms with Gasteiger partial charge in [0.15, 0.2) is 0 Å². The van der Waals surface area contributed by atoms with Gasteiger partial charge in [-0.25, -0.2) is 13.2 Å². The first-order valence-electron chi connectivity index (χ1n) is 5.47. The Labute approximate surface area is 120 Å². The van der Waals surface area contributed by atoms with Crippen LogP contribution in [0.4, 0.5) is 11.4 Å². The number of anilines is 2. The third kappa shape index (κ3) is 3.09. The highest BCUT2D eigenvalue weighted by atomic mass is 32.2. The summed E-state index contributed by atoms with van der Waals surface area (Å²) in [6, 6.07) is 7.32. The molecule has 0 unspecified atom stereocenters. The number of carbonyl (C=O) groups excluding carboxylic acids is 1. The second-order valence-corrected chi connectivity index (χ2v) is 6.69. The summed E-state index contributed by atoms with van der Waals surface area (Å²) in [5.41, 5.74) is 6.60. The van der Waals surface area contributed by atoms with Gasteiger partial charge in [0, 0.05) is 16.8 Å². The second-order valence-electron chi connectivity index (χ2n) is 3.87. The molecule has 8 heteroatoms. The van der Waals surface area contributed by atoms with Crippen molar-refractivity contribution in [2.45, 2.75) is 4.21 Å². The first kappa shape index (κ1) is 14.4. The summed E-state index contributed by atoms with van der Waals surface area (Å²) in [4.78, 5) is 11.3. The number of benzene rings is 1. The van der Waals surface area contributed by atoms with Gasteiger partial charge >= 0.3 is 5.97 Å². The number of rotatable bonds is 4. The van der Waals surface area contributed by atoms with Crippen LogP contribution in [0.1, 0.15) is 10.4 Å². The molecule has 6 nitrogen and oxygen atoms in total. The molecule has 0 aliphatic rings. The quantitative estimate of drug-likeness (QED) is 0.840. The Morgan fingerprint density at radius 2 is 1.95 bits per heavy atom. The molecule has 0 saturated heterocycles. The number of hydrogen-bond donors (Lipinski definition) is 2. The molecule has 2 aromatic rings. The molecule has 2 rings (SSSR count). The molecular formula is C12H12N2O4S2. The van der Waals surface area contributed by atoms with Gasteiger partial charge < -0.3 is 10.5 Å². The molecule has 0 fully saturated rings. The van der Waals surface area contributed by atoms with Gasteiger partial charge in [0.2, 0.25) is 0 Å². The van der Waals surface area contributed by atoms with Crippen LogP contribution in [0.25, 0.3) is 0 Å². The van der Waals surface area contributed by atoms with E-state index in [0.717, 1.165) is 11.3 Å². The van der Waals surface area contributed by atoms with Crippen molar-refractivity contribution in [2.24, 2.45) is 0 Å². The highest BCUT2D eigenvalue weighted by Gasteiger charge is 2.16. The summed E-state index contributed by atoms with van der Waals surface area (Å²) in [6.07, 6.45) is 0.